The summed E-state index contributed by atoms with van der Waals surface area (Å²) >= 11 is 0. The highest BCUT2D eigenvalue weighted by molar-refractivity contribution is 5.43. The second-order valence-electron chi connectivity index (χ2n) is 6.08. The Hall–Kier alpha value is -1.59. The highest BCUT2D eigenvalue weighted by atomic mass is 15.3. The Morgan fingerprint density at radius 2 is 1.71 bits per heavy atom. The molecule has 6 nitrogen and oxygen atoms in total. The molecule has 0 aromatic carbocycles. The summed E-state index contributed by atoms with van der Waals surface area (Å²) in [6.45, 7) is 11.5. The van der Waals surface area contributed by atoms with Gasteiger partial charge >= 0.3 is 0 Å². The largest absolute Gasteiger partial charge is 0.357 e. The summed E-state index contributed by atoms with van der Waals surface area (Å²) in [6, 6.07) is 0. The Bertz CT molecular complexity index is 465. The molecule has 0 bridgehead atoms. The van der Waals surface area contributed by atoms with Crippen molar-refractivity contribution in [2.45, 2.75) is 40.5 Å². The van der Waals surface area contributed by atoms with Crippen LogP contribution in [-0.2, 0) is 0 Å². The molecule has 6 heteroatoms. The Morgan fingerprint density at radius 3 is 2.19 bits per heavy atom. The number of hydrogen-bond acceptors (Lipinski definition) is 6. The van der Waals surface area contributed by atoms with Gasteiger partial charge in [-0.15, -0.1) is 0 Å². The fourth-order valence-electron chi connectivity index (χ4n) is 2.58. The van der Waals surface area contributed by atoms with Gasteiger partial charge in [-0.2, -0.15) is 15.0 Å². The summed E-state index contributed by atoms with van der Waals surface area (Å²) in [7, 11) is 1.83. The molecule has 0 amide bonds. The third-order valence-electron chi connectivity index (χ3n) is 4.61. The van der Waals surface area contributed by atoms with Crippen LogP contribution in [0.5, 0.6) is 0 Å². The molecule has 1 fully saturated rings. The molecule has 21 heavy (non-hydrogen) atoms. The topological polar surface area (TPSA) is 66.0 Å². The molecule has 118 valence electrons. The summed E-state index contributed by atoms with van der Waals surface area (Å²) in [4.78, 5) is 15.6. The molecule has 1 saturated carbocycles. The van der Waals surface area contributed by atoms with Crippen molar-refractivity contribution >= 4 is 17.8 Å². The maximum atomic E-state index is 4.57. The molecule has 0 aliphatic heterocycles. The van der Waals surface area contributed by atoms with Crippen molar-refractivity contribution < 1.29 is 0 Å². The summed E-state index contributed by atoms with van der Waals surface area (Å²) in [5.74, 6) is 2.71. The van der Waals surface area contributed by atoms with Crippen molar-refractivity contribution in [1.82, 2.24) is 15.0 Å². The summed E-state index contributed by atoms with van der Waals surface area (Å²) < 4.78 is 0. The van der Waals surface area contributed by atoms with E-state index in [2.05, 4.69) is 58.2 Å². The Kier molecular flexibility index (Phi) is 4.85. The standard InChI is InChI=1S/C15H28N6/c1-6-21(7-2)14-19-12(16-5)18-13(20-14)17-10-15(8-9-15)11(3)4/h11H,6-10H2,1-5H3,(H2,16,17,18,19,20). The van der Waals surface area contributed by atoms with Crippen molar-refractivity contribution in [3.63, 3.8) is 0 Å². The van der Waals surface area contributed by atoms with Gasteiger partial charge in [0.2, 0.25) is 17.8 Å². The lowest BCUT2D eigenvalue weighted by Gasteiger charge is -2.22. The minimum absolute atomic E-state index is 0.432. The van der Waals surface area contributed by atoms with Gasteiger partial charge in [0.05, 0.1) is 0 Å². The van der Waals surface area contributed by atoms with Crippen molar-refractivity contribution in [3.8, 4) is 0 Å². The zero-order chi connectivity index (χ0) is 15.5. The first-order valence-corrected chi connectivity index (χ1v) is 7.97. The first-order chi connectivity index (χ1) is 10.0. The second kappa shape index (κ2) is 6.45. The average molecular weight is 292 g/mol. The maximum Gasteiger partial charge on any atom is 0.231 e. The molecule has 1 heterocycles. The third-order valence-corrected chi connectivity index (χ3v) is 4.61. The van der Waals surface area contributed by atoms with E-state index in [-0.39, 0.29) is 0 Å². The van der Waals surface area contributed by atoms with E-state index in [4.69, 9.17) is 0 Å². The summed E-state index contributed by atoms with van der Waals surface area (Å²) in [5, 5.41) is 6.44. The first-order valence-electron chi connectivity index (χ1n) is 7.97. The van der Waals surface area contributed by atoms with E-state index in [1.54, 1.807) is 0 Å². The lowest BCUT2D eigenvalue weighted by Crippen LogP contribution is -2.26. The van der Waals surface area contributed by atoms with Crippen LogP contribution in [0.15, 0.2) is 0 Å². The quantitative estimate of drug-likeness (QED) is 0.768. The van der Waals surface area contributed by atoms with Gasteiger partial charge in [-0.3, -0.25) is 0 Å². The van der Waals surface area contributed by atoms with Crippen LogP contribution in [0.25, 0.3) is 0 Å². The van der Waals surface area contributed by atoms with Crippen LogP contribution >= 0.6 is 0 Å². The molecule has 1 aliphatic rings. The van der Waals surface area contributed by atoms with Gasteiger partial charge in [-0.1, -0.05) is 13.8 Å². The second-order valence-corrected chi connectivity index (χ2v) is 6.08. The van der Waals surface area contributed by atoms with Gasteiger partial charge < -0.3 is 15.5 Å². The lowest BCUT2D eigenvalue weighted by atomic mass is 9.92. The third kappa shape index (κ3) is 3.54. The number of aromatic nitrogens is 3. The van der Waals surface area contributed by atoms with E-state index in [1.165, 1.54) is 12.8 Å². The van der Waals surface area contributed by atoms with Crippen molar-refractivity contribution in [2.24, 2.45) is 11.3 Å². The van der Waals surface area contributed by atoms with Crippen LogP contribution in [0.2, 0.25) is 0 Å². The predicted octanol–water partition coefficient (Wildman–Crippen LogP) is 2.61. The van der Waals surface area contributed by atoms with Gasteiger partial charge in [0.15, 0.2) is 0 Å². The molecule has 1 aromatic heterocycles. The monoisotopic (exact) mass is 292 g/mol. The van der Waals surface area contributed by atoms with Gasteiger partial charge in [0, 0.05) is 26.7 Å². The molecule has 1 aliphatic carbocycles. The predicted molar refractivity (Wildman–Crippen MR) is 87.9 cm³/mol. The molecule has 1 aromatic rings. The zero-order valence-electron chi connectivity index (χ0n) is 13.9. The van der Waals surface area contributed by atoms with E-state index < -0.39 is 0 Å². The fraction of sp³-hybridized carbons (Fsp3) is 0.800. The van der Waals surface area contributed by atoms with Gasteiger partial charge in [-0.05, 0) is 38.0 Å². The van der Waals surface area contributed by atoms with E-state index in [1.807, 2.05) is 7.05 Å². The van der Waals surface area contributed by atoms with E-state index in [0.717, 1.165) is 25.6 Å². The van der Waals surface area contributed by atoms with E-state index >= 15 is 0 Å². The van der Waals surface area contributed by atoms with Gasteiger partial charge in [0.25, 0.3) is 0 Å². The van der Waals surface area contributed by atoms with Crippen molar-refractivity contribution in [3.05, 3.63) is 0 Å². The fourth-order valence-corrected chi connectivity index (χ4v) is 2.58. The average Bonchev–Trinajstić information content (AvgIpc) is 3.27. The number of anilines is 3. The summed E-state index contributed by atoms with van der Waals surface area (Å²) in [6.07, 6.45) is 2.59. The van der Waals surface area contributed by atoms with Crippen LogP contribution in [0.3, 0.4) is 0 Å². The molecule has 2 N–H and O–H groups in total. The zero-order valence-corrected chi connectivity index (χ0v) is 13.9. The molecular weight excluding hydrogens is 264 g/mol. The molecule has 0 radical (unpaired) electrons. The SMILES string of the molecule is CCN(CC)c1nc(NC)nc(NCC2(C(C)C)CC2)n1. The number of rotatable bonds is 8. The van der Waals surface area contributed by atoms with Gasteiger partial charge in [-0.25, -0.2) is 0 Å². The maximum absolute atomic E-state index is 4.57. The van der Waals surface area contributed by atoms with Crippen LogP contribution in [0, 0.1) is 11.3 Å². The Labute approximate surface area is 127 Å². The molecular formula is C15H28N6. The smallest absolute Gasteiger partial charge is 0.231 e. The molecule has 0 saturated heterocycles. The van der Waals surface area contributed by atoms with Gasteiger partial charge in [0.1, 0.15) is 0 Å². The molecule has 0 atom stereocenters. The van der Waals surface area contributed by atoms with E-state index in [9.17, 15) is 0 Å². The number of hydrogen-bond donors (Lipinski definition) is 2. The lowest BCUT2D eigenvalue weighted by molar-refractivity contribution is 0.379. The molecule has 0 unspecified atom stereocenters. The minimum atomic E-state index is 0.432. The van der Waals surface area contributed by atoms with Crippen LogP contribution < -0.4 is 15.5 Å². The number of nitrogens with zero attached hydrogens (tertiary/aromatic N) is 4. The Balaban J connectivity index is 2.13. The summed E-state index contributed by atoms with van der Waals surface area (Å²) in [5.41, 5.74) is 0.432. The van der Waals surface area contributed by atoms with Crippen LogP contribution in [0.4, 0.5) is 17.8 Å². The van der Waals surface area contributed by atoms with Crippen LogP contribution in [-0.4, -0.2) is 41.6 Å². The van der Waals surface area contributed by atoms with E-state index in [0.29, 0.717) is 23.2 Å². The first kappa shape index (κ1) is 15.8. The molecule has 0 spiro atoms. The highest BCUT2D eigenvalue weighted by Crippen LogP contribution is 2.51. The normalized spacial score (nSPS) is 15.9. The Morgan fingerprint density at radius 1 is 1.10 bits per heavy atom. The van der Waals surface area contributed by atoms with Crippen molar-refractivity contribution in [1.29, 1.82) is 0 Å². The minimum Gasteiger partial charge on any atom is -0.357 e. The van der Waals surface area contributed by atoms with Crippen LogP contribution in [0.1, 0.15) is 40.5 Å². The highest BCUT2D eigenvalue weighted by Gasteiger charge is 2.45. The molecule has 2 rings (SSSR count). The van der Waals surface area contributed by atoms with Crippen molar-refractivity contribution in [2.75, 3.05) is 42.2 Å². The number of nitrogens with one attached hydrogen (secondary N) is 2.